The van der Waals surface area contributed by atoms with Crippen molar-refractivity contribution in [3.63, 3.8) is 0 Å². The molecule has 1 N–H and O–H groups in total. The first-order valence-electron chi connectivity index (χ1n) is 6.96. The molecule has 0 aromatic heterocycles. The third-order valence-corrected chi connectivity index (χ3v) is 4.44. The Labute approximate surface area is 113 Å². The minimum Gasteiger partial charge on any atom is -0.316 e. The molecule has 0 radical (unpaired) electrons. The summed E-state index contributed by atoms with van der Waals surface area (Å²) >= 11 is 1.95. The van der Waals surface area contributed by atoms with Gasteiger partial charge < -0.3 is 10.2 Å². The molecule has 3 unspecified atom stereocenters. The lowest BCUT2D eigenvalue weighted by Crippen LogP contribution is -2.43. The number of hydrogen-bond donors (Lipinski definition) is 1. The van der Waals surface area contributed by atoms with Crippen molar-refractivity contribution >= 4 is 11.8 Å². The molecule has 3 heteroatoms. The van der Waals surface area contributed by atoms with E-state index in [9.17, 15) is 0 Å². The van der Waals surface area contributed by atoms with Gasteiger partial charge in [-0.15, -0.1) is 0 Å². The van der Waals surface area contributed by atoms with Gasteiger partial charge in [-0.3, -0.25) is 0 Å². The molecule has 0 bridgehead atoms. The van der Waals surface area contributed by atoms with Crippen LogP contribution < -0.4 is 5.32 Å². The SMILES string of the molecule is CCCNCC(C)C(C)N(C)C(C)CCSC. The second-order valence-corrected chi connectivity index (χ2v) is 6.20. The third kappa shape index (κ3) is 7.32. The molecule has 0 spiro atoms. The van der Waals surface area contributed by atoms with E-state index in [0.29, 0.717) is 18.0 Å². The fourth-order valence-electron chi connectivity index (χ4n) is 1.97. The van der Waals surface area contributed by atoms with Gasteiger partial charge in [0.2, 0.25) is 0 Å². The van der Waals surface area contributed by atoms with Gasteiger partial charge in [-0.2, -0.15) is 11.8 Å². The average molecular weight is 260 g/mol. The predicted octanol–water partition coefficient (Wildman–Crippen LogP) is 3.08. The van der Waals surface area contributed by atoms with Crippen molar-refractivity contribution in [3.05, 3.63) is 0 Å². The van der Waals surface area contributed by atoms with Gasteiger partial charge in [-0.05, 0) is 64.8 Å². The van der Waals surface area contributed by atoms with Gasteiger partial charge in [-0.25, -0.2) is 0 Å². The molecule has 0 aromatic rings. The Morgan fingerprint density at radius 1 is 1.24 bits per heavy atom. The summed E-state index contributed by atoms with van der Waals surface area (Å²) in [6.45, 7) is 11.5. The largest absolute Gasteiger partial charge is 0.316 e. The highest BCUT2D eigenvalue weighted by Gasteiger charge is 2.20. The van der Waals surface area contributed by atoms with Crippen molar-refractivity contribution in [2.75, 3.05) is 32.1 Å². The van der Waals surface area contributed by atoms with Crippen LogP contribution >= 0.6 is 11.8 Å². The Morgan fingerprint density at radius 2 is 1.88 bits per heavy atom. The van der Waals surface area contributed by atoms with Crippen molar-refractivity contribution in [1.29, 1.82) is 0 Å². The van der Waals surface area contributed by atoms with Gasteiger partial charge in [-0.1, -0.05) is 13.8 Å². The molecule has 0 aliphatic carbocycles. The van der Waals surface area contributed by atoms with Crippen LogP contribution in [0.1, 0.15) is 40.5 Å². The molecule has 0 aliphatic heterocycles. The number of thioether (sulfide) groups is 1. The van der Waals surface area contributed by atoms with Gasteiger partial charge in [0.15, 0.2) is 0 Å². The van der Waals surface area contributed by atoms with Gasteiger partial charge in [0, 0.05) is 12.1 Å². The molecule has 0 aromatic carbocycles. The molecule has 17 heavy (non-hydrogen) atoms. The van der Waals surface area contributed by atoms with Crippen molar-refractivity contribution in [2.24, 2.45) is 5.92 Å². The summed E-state index contributed by atoms with van der Waals surface area (Å²) in [7, 11) is 2.27. The molecule has 0 fully saturated rings. The fraction of sp³-hybridized carbons (Fsp3) is 1.00. The van der Waals surface area contributed by atoms with Crippen LogP contribution in [0.15, 0.2) is 0 Å². The highest BCUT2D eigenvalue weighted by atomic mass is 32.2. The van der Waals surface area contributed by atoms with Gasteiger partial charge in [0.1, 0.15) is 0 Å². The second-order valence-electron chi connectivity index (χ2n) is 5.22. The molecule has 104 valence electrons. The molecule has 0 saturated heterocycles. The van der Waals surface area contributed by atoms with E-state index in [-0.39, 0.29) is 0 Å². The van der Waals surface area contributed by atoms with E-state index < -0.39 is 0 Å². The molecular formula is C14H32N2S. The van der Waals surface area contributed by atoms with Crippen LogP contribution in [0.5, 0.6) is 0 Å². The van der Waals surface area contributed by atoms with E-state index in [0.717, 1.165) is 13.1 Å². The lowest BCUT2D eigenvalue weighted by atomic mass is 10.0. The zero-order valence-corrected chi connectivity index (χ0v) is 13.4. The van der Waals surface area contributed by atoms with Gasteiger partial charge >= 0.3 is 0 Å². The maximum absolute atomic E-state index is 3.52. The van der Waals surface area contributed by atoms with E-state index in [1.165, 1.54) is 18.6 Å². The number of rotatable bonds is 10. The predicted molar refractivity (Wildman–Crippen MR) is 82.0 cm³/mol. The highest BCUT2D eigenvalue weighted by molar-refractivity contribution is 7.98. The Morgan fingerprint density at radius 3 is 2.41 bits per heavy atom. The van der Waals surface area contributed by atoms with Crippen LogP contribution in [0.3, 0.4) is 0 Å². The molecule has 0 heterocycles. The first-order chi connectivity index (χ1) is 8.04. The zero-order valence-electron chi connectivity index (χ0n) is 12.6. The van der Waals surface area contributed by atoms with Crippen LogP contribution in [0.2, 0.25) is 0 Å². The Bertz CT molecular complexity index is 176. The average Bonchev–Trinajstić information content (AvgIpc) is 2.34. The van der Waals surface area contributed by atoms with Crippen molar-refractivity contribution in [1.82, 2.24) is 10.2 Å². The van der Waals surface area contributed by atoms with Crippen LogP contribution in [0, 0.1) is 5.92 Å². The maximum Gasteiger partial charge on any atom is 0.0104 e. The van der Waals surface area contributed by atoms with Crippen LogP contribution in [0.4, 0.5) is 0 Å². The quantitative estimate of drug-likeness (QED) is 0.608. The summed E-state index contributed by atoms with van der Waals surface area (Å²) in [6, 6.07) is 1.34. The molecule has 0 amide bonds. The Kier molecular flexibility index (Phi) is 10.4. The summed E-state index contributed by atoms with van der Waals surface area (Å²) in [5.74, 6) is 1.98. The first-order valence-corrected chi connectivity index (χ1v) is 8.35. The summed E-state index contributed by atoms with van der Waals surface area (Å²) in [4.78, 5) is 2.54. The molecule has 2 nitrogen and oxygen atoms in total. The van der Waals surface area contributed by atoms with Gasteiger partial charge in [0.25, 0.3) is 0 Å². The summed E-state index contributed by atoms with van der Waals surface area (Å²) in [5.41, 5.74) is 0. The van der Waals surface area contributed by atoms with E-state index in [4.69, 9.17) is 0 Å². The minimum atomic E-state index is 0.649. The molecule has 0 aliphatic rings. The Balaban J connectivity index is 3.95. The van der Waals surface area contributed by atoms with Crippen LogP contribution in [-0.2, 0) is 0 Å². The number of nitrogens with zero attached hydrogens (tertiary/aromatic N) is 1. The summed E-state index contributed by atoms with van der Waals surface area (Å²) in [5, 5.41) is 3.52. The normalized spacial score (nSPS) is 17.1. The van der Waals surface area contributed by atoms with Crippen LogP contribution in [-0.4, -0.2) is 49.1 Å². The lowest BCUT2D eigenvalue weighted by molar-refractivity contribution is 0.147. The van der Waals surface area contributed by atoms with Crippen LogP contribution in [0.25, 0.3) is 0 Å². The highest BCUT2D eigenvalue weighted by Crippen LogP contribution is 2.14. The number of nitrogens with one attached hydrogen (secondary N) is 1. The molecule has 3 atom stereocenters. The van der Waals surface area contributed by atoms with Gasteiger partial charge in [0.05, 0.1) is 0 Å². The topological polar surface area (TPSA) is 15.3 Å². The second kappa shape index (κ2) is 10.2. The van der Waals surface area contributed by atoms with Crippen molar-refractivity contribution in [3.8, 4) is 0 Å². The lowest BCUT2D eigenvalue weighted by Gasteiger charge is -2.34. The summed E-state index contributed by atoms with van der Waals surface area (Å²) in [6.07, 6.45) is 4.70. The first kappa shape index (κ1) is 17.3. The molecule has 0 rings (SSSR count). The van der Waals surface area contributed by atoms with Crippen molar-refractivity contribution < 1.29 is 0 Å². The van der Waals surface area contributed by atoms with Crippen molar-refractivity contribution in [2.45, 2.75) is 52.6 Å². The molecule has 0 saturated carbocycles. The maximum atomic E-state index is 3.52. The van der Waals surface area contributed by atoms with E-state index >= 15 is 0 Å². The fourth-order valence-corrected chi connectivity index (χ4v) is 2.55. The van der Waals surface area contributed by atoms with E-state index in [1.807, 2.05) is 11.8 Å². The minimum absolute atomic E-state index is 0.649. The zero-order chi connectivity index (χ0) is 13.3. The molecular weight excluding hydrogens is 228 g/mol. The van der Waals surface area contributed by atoms with E-state index in [2.05, 4.69) is 51.2 Å². The smallest absolute Gasteiger partial charge is 0.0104 e. The monoisotopic (exact) mass is 260 g/mol. The summed E-state index contributed by atoms with van der Waals surface area (Å²) < 4.78 is 0. The standard InChI is InChI=1S/C14H32N2S/c1-7-9-15-11-12(2)14(4)16(5)13(3)8-10-17-6/h12-15H,7-11H2,1-6H3. The van der Waals surface area contributed by atoms with E-state index in [1.54, 1.807) is 0 Å². The Hall–Kier alpha value is 0.270. The number of hydrogen-bond acceptors (Lipinski definition) is 3. The third-order valence-electron chi connectivity index (χ3n) is 3.79.